The van der Waals surface area contributed by atoms with Gasteiger partial charge in [-0.3, -0.25) is 9.59 Å². The predicted molar refractivity (Wildman–Crippen MR) is 80.4 cm³/mol. The molecule has 2 unspecified atom stereocenters. The molecular formula is C15H11BrO3S. The Bertz CT molecular complexity index is 707. The van der Waals surface area contributed by atoms with Gasteiger partial charge in [-0.15, -0.1) is 11.3 Å². The van der Waals surface area contributed by atoms with Gasteiger partial charge in [0.2, 0.25) is 0 Å². The summed E-state index contributed by atoms with van der Waals surface area (Å²) in [5, 5.41) is 9.61. The lowest BCUT2D eigenvalue weighted by molar-refractivity contribution is -0.145. The van der Waals surface area contributed by atoms with E-state index in [9.17, 15) is 14.7 Å². The van der Waals surface area contributed by atoms with Crippen molar-refractivity contribution in [2.24, 2.45) is 5.41 Å². The summed E-state index contributed by atoms with van der Waals surface area (Å²) in [6.45, 7) is 1.52. The molecule has 1 heterocycles. The Morgan fingerprint density at radius 2 is 2.00 bits per heavy atom. The summed E-state index contributed by atoms with van der Waals surface area (Å²) >= 11 is 4.69. The number of thiophene rings is 1. The van der Waals surface area contributed by atoms with E-state index in [-0.39, 0.29) is 5.78 Å². The molecule has 1 aromatic heterocycles. The second-order valence-electron chi connectivity index (χ2n) is 5.02. The lowest BCUT2D eigenvalue weighted by Crippen LogP contribution is -2.37. The van der Waals surface area contributed by atoms with E-state index in [4.69, 9.17) is 0 Å². The van der Waals surface area contributed by atoms with Crippen molar-refractivity contribution in [2.45, 2.75) is 12.8 Å². The van der Waals surface area contributed by atoms with Crippen molar-refractivity contribution < 1.29 is 14.7 Å². The van der Waals surface area contributed by atoms with Gasteiger partial charge in [0.05, 0.1) is 8.66 Å². The Balaban J connectivity index is 2.27. The third kappa shape index (κ3) is 1.70. The van der Waals surface area contributed by atoms with Crippen molar-refractivity contribution in [1.82, 2.24) is 0 Å². The van der Waals surface area contributed by atoms with Crippen LogP contribution >= 0.6 is 27.3 Å². The molecule has 1 aliphatic rings. The zero-order valence-electron chi connectivity index (χ0n) is 10.6. The minimum atomic E-state index is -1.43. The molecule has 3 rings (SSSR count). The summed E-state index contributed by atoms with van der Waals surface area (Å²) < 4.78 is 0.851. The first-order chi connectivity index (χ1) is 9.46. The van der Waals surface area contributed by atoms with E-state index < -0.39 is 17.3 Å². The largest absolute Gasteiger partial charge is 0.480 e. The molecule has 1 aromatic carbocycles. The Kier molecular flexibility index (Phi) is 3.06. The molecule has 0 bridgehead atoms. The van der Waals surface area contributed by atoms with Gasteiger partial charge in [-0.2, -0.15) is 0 Å². The highest BCUT2D eigenvalue weighted by Gasteiger charge is 2.56. The van der Waals surface area contributed by atoms with Crippen LogP contribution in [-0.4, -0.2) is 16.9 Å². The molecule has 3 nitrogen and oxygen atoms in total. The number of carboxylic acids is 1. The number of benzene rings is 1. The van der Waals surface area contributed by atoms with Crippen molar-refractivity contribution in [2.75, 3.05) is 0 Å². The van der Waals surface area contributed by atoms with E-state index in [1.165, 1.54) is 18.3 Å². The van der Waals surface area contributed by atoms with Gasteiger partial charge in [0.1, 0.15) is 5.41 Å². The maximum absolute atomic E-state index is 12.6. The van der Waals surface area contributed by atoms with Crippen LogP contribution in [0.15, 0.2) is 40.2 Å². The monoisotopic (exact) mass is 350 g/mol. The first-order valence-electron chi connectivity index (χ1n) is 6.08. The summed E-state index contributed by atoms with van der Waals surface area (Å²) in [7, 11) is 0. The third-order valence-electron chi connectivity index (χ3n) is 3.87. The molecular weight excluding hydrogens is 340 g/mol. The standard InChI is InChI=1S/C15H11BrO3S/c1-15(14(18)19)11(8-5-3-2-4-6-8)9-7-10(16)20-12(9)13(15)17/h2-7,11H,1H3,(H,18,19). The predicted octanol–water partition coefficient (Wildman–Crippen LogP) is 3.93. The fourth-order valence-electron chi connectivity index (χ4n) is 2.82. The first-order valence-corrected chi connectivity index (χ1v) is 7.69. The van der Waals surface area contributed by atoms with Gasteiger partial charge in [0.15, 0.2) is 5.78 Å². The van der Waals surface area contributed by atoms with Crippen molar-refractivity contribution in [1.29, 1.82) is 0 Å². The van der Waals surface area contributed by atoms with Crippen LogP contribution in [0.25, 0.3) is 0 Å². The number of carbonyl (C=O) groups excluding carboxylic acids is 1. The van der Waals surface area contributed by atoms with Gasteiger partial charge in [-0.25, -0.2) is 0 Å². The lowest BCUT2D eigenvalue weighted by Gasteiger charge is -2.26. The molecule has 2 atom stereocenters. The van der Waals surface area contributed by atoms with E-state index in [0.29, 0.717) is 4.88 Å². The van der Waals surface area contributed by atoms with E-state index in [2.05, 4.69) is 15.9 Å². The summed E-state index contributed by atoms with van der Waals surface area (Å²) in [6.07, 6.45) is 0. The number of halogens is 1. The number of fused-ring (bicyclic) bond motifs is 1. The maximum atomic E-state index is 12.6. The summed E-state index contributed by atoms with van der Waals surface area (Å²) in [5.74, 6) is -1.81. The summed E-state index contributed by atoms with van der Waals surface area (Å²) in [5.41, 5.74) is 0.237. The summed E-state index contributed by atoms with van der Waals surface area (Å²) in [4.78, 5) is 24.9. The van der Waals surface area contributed by atoms with Crippen LogP contribution in [0, 0.1) is 5.41 Å². The molecule has 2 aromatic rings. The van der Waals surface area contributed by atoms with Gasteiger partial charge in [-0.1, -0.05) is 30.3 Å². The summed E-state index contributed by atoms with van der Waals surface area (Å²) in [6, 6.07) is 11.2. The molecule has 0 amide bonds. The van der Waals surface area contributed by atoms with Crippen LogP contribution in [-0.2, 0) is 4.79 Å². The van der Waals surface area contributed by atoms with Crippen molar-refractivity contribution >= 4 is 39.0 Å². The topological polar surface area (TPSA) is 54.4 Å². The second kappa shape index (κ2) is 4.53. The number of ketones is 1. The Labute approximate surface area is 128 Å². The van der Waals surface area contributed by atoms with Crippen LogP contribution < -0.4 is 0 Å². The Morgan fingerprint density at radius 1 is 1.35 bits per heavy atom. The smallest absolute Gasteiger partial charge is 0.318 e. The van der Waals surface area contributed by atoms with Crippen molar-refractivity contribution in [3.63, 3.8) is 0 Å². The first kappa shape index (κ1) is 13.5. The normalized spacial score (nSPS) is 24.7. The average Bonchev–Trinajstić information content (AvgIpc) is 2.88. The van der Waals surface area contributed by atoms with Gasteiger partial charge >= 0.3 is 5.97 Å². The lowest BCUT2D eigenvalue weighted by atomic mass is 9.73. The number of carbonyl (C=O) groups is 2. The number of rotatable bonds is 2. The molecule has 0 saturated heterocycles. The molecule has 20 heavy (non-hydrogen) atoms. The average molecular weight is 351 g/mol. The fraction of sp³-hybridized carbons (Fsp3) is 0.200. The number of carboxylic acid groups (broad SMARTS) is 1. The highest BCUT2D eigenvalue weighted by molar-refractivity contribution is 9.11. The van der Waals surface area contributed by atoms with Crippen LogP contribution in [0.1, 0.15) is 33.6 Å². The van der Waals surface area contributed by atoms with Crippen LogP contribution in [0.2, 0.25) is 0 Å². The minimum Gasteiger partial charge on any atom is -0.480 e. The second-order valence-corrected chi connectivity index (χ2v) is 7.45. The molecule has 0 fully saturated rings. The number of hydrogen-bond donors (Lipinski definition) is 1. The van der Waals surface area contributed by atoms with E-state index in [0.717, 1.165) is 14.9 Å². The molecule has 102 valence electrons. The quantitative estimate of drug-likeness (QED) is 0.834. The van der Waals surface area contributed by atoms with Crippen LogP contribution in [0.5, 0.6) is 0 Å². The number of Topliss-reactive ketones (excluding diaryl/α,β-unsaturated/α-hetero) is 1. The Hall–Kier alpha value is -1.46. The minimum absolute atomic E-state index is 0.301. The van der Waals surface area contributed by atoms with Crippen molar-refractivity contribution in [3.05, 3.63) is 56.2 Å². The highest BCUT2D eigenvalue weighted by atomic mass is 79.9. The van der Waals surface area contributed by atoms with E-state index in [1.54, 1.807) is 0 Å². The third-order valence-corrected chi connectivity index (χ3v) is 5.53. The van der Waals surface area contributed by atoms with Crippen LogP contribution in [0.3, 0.4) is 0 Å². The molecule has 5 heteroatoms. The van der Waals surface area contributed by atoms with E-state index in [1.807, 2.05) is 36.4 Å². The van der Waals surface area contributed by atoms with Crippen LogP contribution in [0.4, 0.5) is 0 Å². The van der Waals surface area contributed by atoms with Gasteiger partial charge in [0, 0.05) is 5.92 Å². The molecule has 0 radical (unpaired) electrons. The molecule has 0 saturated carbocycles. The van der Waals surface area contributed by atoms with Gasteiger partial charge in [-0.05, 0) is 40.0 Å². The molecule has 0 aliphatic heterocycles. The zero-order chi connectivity index (χ0) is 14.5. The van der Waals surface area contributed by atoms with Gasteiger partial charge in [0.25, 0.3) is 0 Å². The SMILES string of the molecule is CC1(C(=O)O)C(=O)c2sc(Br)cc2C1c1ccccc1. The molecule has 1 N–H and O–H groups in total. The number of aliphatic carboxylic acids is 1. The van der Waals surface area contributed by atoms with Gasteiger partial charge < -0.3 is 5.11 Å². The number of hydrogen-bond acceptors (Lipinski definition) is 3. The Morgan fingerprint density at radius 3 is 2.60 bits per heavy atom. The highest BCUT2D eigenvalue weighted by Crippen LogP contribution is 2.53. The molecule has 1 aliphatic carbocycles. The zero-order valence-corrected chi connectivity index (χ0v) is 13.0. The molecule has 0 spiro atoms. The van der Waals surface area contributed by atoms with E-state index >= 15 is 0 Å². The fourth-order valence-corrected chi connectivity index (χ4v) is 4.53. The van der Waals surface area contributed by atoms with Crippen molar-refractivity contribution in [3.8, 4) is 0 Å². The maximum Gasteiger partial charge on any atom is 0.318 e.